The minimum absolute atomic E-state index is 0.444. The van der Waals surface area contributed by atoms with Crippen molar-refractivity contribution in [2.45, 2.75) is 38.1 Å². The zero-order valence-electron chi connectivity index (χ0n) is 13.2. The van der Waals surface area contributed by atoms with Crippen LogP contribution in [0.2, 0.25) is 0 Å². The van der Waals surface area contributed by atoms with Crippen molar-refractivity contribution in [2.24, 2.45) is 5.10 Å². The monoisotopic (exact) mass is 308 g/mol. The fourth-order valence-corrected chi connectivity index (χ4v) is 3.02. The number of hydrogen-bond donors (Lipinski definition) is 1. The van der Waals surface area contributed by atoms with Gasteiger partial charge >= 0.3 is 0 Å². The van der Waals surface area contributed by atoms with Crippen LogP contribution in [0.4, 0.5) is 0 Å². The first-order valence-electron chi connectivity index (χ1n) is 7.87. The Morgan fingerprint density at radius 2 is 2.26 bits per heavy atom. The van der Waals surface area contributed by atoms with Crippen LogP contribution in [0, 0.1) is 11.3 Å². The van der Waals surface area contributed by atoms with Gasteiger partial charge in [-0.1, -0.05) is 5.57 Å². The number of rotatable bonds is 4. The highest BCUT2D eigenvalue weighted by atomic mass is 15.4. The van der Waals surface area contributed by atoms with Gasteiger partial charge in [0.05, 0.1) is 11.8 Å². The first-order chi connectivity index (χ1) is 11.3. The molecule has 0 saturated heterocycles. The summed E-state index contributed by atoms with van der Waals surface area (Å²) >= 11 is 0. The highest BCUT2D eigenvalue weighted by molar-refractivity contribution is 5.80. The van der Waals surface area contributed by atoms with Crippen LogP contribution in [0.5, 0.6) is 0 Å². The maximum absolute atomic E-state index is 8.70. The van der Waals surface area contributed by atoms with Gasteiger partial charge in [-0.2, -0.15) is 10.4 Å². The summed E-state index contributed by atoms with van der Waals surface area (Å²) in [4.78, 5) is 11.6. The molecular weight excluding hydrogens is 288 g/mol. The lowest BCUT2D eigenvalue weighted by atomic mass is 9.90. The maximum Gasteiger partial charge on any atom is 0.140 e. The summed E-state index contributed by atoms with van der Waals surface area (Å²) in [6.45, 7) is 0. The normalized spacial score (nSPS) is 18.3. The van der Waals surface area contributed by atoms with E-state index in [1.165, 1.54) is 5.57 Å². The number of fused-ring (bicyclic) bond motifs is 1. The molecule has 2 aromatic rings. The number of H-pyrrole nitrogens is 1. The minimum Gasteiger partial charge on any atom is -0.346 e. The second-order valence-electron chi connectivity index (χ2n) is 5.80. The van der Waals surface area contributed by atoms with Crippen LogP contribution in [-0.2, 0) is 6.42 Å². The van der Waals surface area contributed by atoms with Crippen LogP contribution in [0.25, 0.3) is 11.0 Å². The summed E-state index contributed by atoms with van der Waals surface area (Å²) in [5.41, 5.74) is 3.11. The number of nitrogens with zero attached hydrogens (tertiary/aromatic N) is 5. The smallest absolute Gasteiger partial charge is 0.140 e. The molecule has 23 heavy (non-hydrogen) atoms. The predicted molar refractivity (Wildman–Crippen MR) is 89.8 cm³/mol. The van der Waals surface area contributed by atoms with E-state index in [4.69, 9.17) is 5.26 Å². The zero-order valence-corrected chi connectivity index (χ0v) is 13.2. The van der Waals surface area contributed by atoms with Crippen LogP contribution >= 0.6 is 0 Å². The van der Waals surface area contributed by atoms with Gasteiger partial charge in [0.15, 0.2) is 0 Å². The summed E-state index contributed by atoms with van der Waals surface area (Å²) in [7, 11) is 2.02. The molecule has 0 spiro atoms. The van der Waals surface area contributed by atoms with E-state index >= 15 is 0 Å². The van der Waals surface area contributed by atoms with Crippen molar-refractivity contribution in [3.8, 4) is 6.07 Å². The van der Waals surface area contributed by atoms with E-state index in [0.29, 0.717) is 12.5 Å². The van der Waals surface area contributed by atoms with Crippen LogP contribution in [0.15, 0.2) is 35.3 Å². The van der Waals surface area contributed by atoms with Crippen LogP contribution < -0.4 is 0 Å². The molecule has 3 rings (SSSR count). The van der Waals surface area contributed by atoms with Crippen molar-refractivity contribution in [1.82, 2.24) is 20.0 Å². The molecule has 0 aliphatic heterocycles. The maximum atomic E-state index is 8.70. The van der Waals surface area contributed by atoms with Crippen LogP contribution in [0.3, 0.4) is 0 Å². The summed E-state index contributed by atoms with van der Waals surface area (Å²) in [5, 5.41) is 16.4. The van der Waals surface area contributed by atoms with Crippen molar-refractivity contribution in [3.05, 3.63) is 35.9 Å². The molecule has 0 atom stereocenters. The quantitative estimate of drug-likeness (QED) is 0.535. The van der Waals surface area contributed by atoms with Gasteiger partial charge in [-0.3, -0.25) is 5.01 Å². The average molecular weight is 308 g/mol. The van der Waals surface area contributed by atoms with Gasteiger partial charge in [0.1, 0.15) is 12.0 Å². The molecule has 1 N–H and O–H groups in total. The molecule has 0 radical (unpaired) electrons. The number of nitrogens with one attached hydrogen (secondary N) is 1. The van der Waals surface area contributed by atoms with Gasteiger partial charge in [-0.15, -0.1) is 0 Å². The average Bonchev–Trinajstić information content (AvgIpc) is 3.05. The third-order valence-corrected chi connectivity index (χ3v) is 4.38. The van der Waals surface area contributed by atoms with E-state index in [9.17, 15) is 0 Å². The van der Waals surface area contributed by atoms with Crippen molar-refractivity contribution in [1.29, 1.82) is 5.26 Å². The Hall–Kier alpha value is -2.68. The van der Waals surface area contributed by atoms with Crippen molar-refractivity contribution in [3.63, 3.8) is 0 Å². The highest BCUT2D eigenvalue weighted by Gasteiger charge is 2.19. The third-order valence-electron chi connectivity index (χ3n) is 4.38. The molecule has 0 amide bonds. The Labute approximate surface area is 135 Å². The van der Waals surface area contributed by atoms with E-state index in [0.717, 1.165) is 42.4 Å². The molecule has 0 bridgehead atoms. The Morgan fingerprint density at radius 1 is 1.43 bits per heavy atom. The van der Waals surface area contributed by atoms with E-state index in [-0.39, 0.29) is 0 Å². The predicted octanol–water partition coefficient (Wildman–Crippen LogP) is 2.81. The number of allylic oxidation sites excluding steroid dienone is 2. The van der Waals surface area contributed by atoms with E-state index in [2.05, 4.69) is 26.1 Å². The lowest BCUT2D eigenvalue weighted by Crippen LogP contribution is -2.29. The number of hydrogen-bond acceptors (Lipinski definition) is 5. The van der Waals surface area contributed by atoms with Gasteiger partial charge in [0, 0.05) is 43.4 Å². The molecule has 1 aliphatic rings. The number of nitriles is 1. The largest absolute Gasteiger partial charge is 0.346 e. The van der Waals surface area contributed by atoms with Gasteiger partial charge < -0.3 is 4.98 Å². The molecule has 2 heterocycles. The van der Waals surface area contributed by atoms with Crippen molar-refractivity contribution < 1.29 is 0 Å². The molecule has 1 saturated carbocycles. The summed E-state index contributed by atoms with van der Waals surface area (Å²) in [6, 6.07) is 4.56. The van der Waals surface area contributed by atoms with E-state index < -0.39 is 0 Å². The lowest BCUT2D eigenvalue weighted by molar-refractivity contribution is 0.216. The molecule has 0 aromatic carbocycles. The molecule has 1 aliphatic carbocycles. The summed E-state index contributed by atoms with van der Waals surface area (Å²) in [6.07, 6.45) is 11.8. The summed E-state index contributed by atoms with van der Waals surface area (Å²) < 4.78 is 0. The Kier molecular flexibility index (Phi) is 4.67. The van der Waals surface area contributed by atoms with Gasteiger partial charge in [0.25, 0.3) is 0 Å². The minimum atomic E-state index is 0.444. The summed E-state index contributed by atoms with van der Waals surface area (Å²) in [5.74, 6) is 0. The van der Waals surface area contributed by atoms with Gasteiger partial charge in [-0.25, -0.2) is 9.97 Å². The lowest BCUT2D eigenvalue weighted by Gasteiger charge is -2.29. The molecule has 6 heteroatoms. The molecular formula is C17H20N6. The standard InChI is InChI=1S/C17H20N6/c1-23(14-4-2-13(3-5-14)6-9-18)22-11-8-16-15-7-10-19-17(15)21-12-20-16/h6-7,10-12,14H,2-5,8H2,1H3,(H,19,20,21)/b13-6?,22-11-. The first-order valence-corrected chi connectivity index (χ1v) is 7.87. The number of aromatic amines is 1. The number of aromatic nitrogens is 3. The SMILES string of the molecule is CN(/N=C\Cc1ncnc2[nH]ccc12)C1CCC(=CC#N)CC1. The first kappa shape index (κ1) is 15.2. The third kappa shape index (κ3) is 3.57. The van der Waals surface area contributed by atoms with Crippen molar-refractivity contribution >= 4 is 17.2 Å². The zero-order chi connectivity index (χ0) is 16.1. The van der Waals surface area contributed by atoms with Crippen molar-refractivity contribution in [2.75, 3.05) is 7.05 Å². The van der Waals surface area contributed by atoms with E-state index in [1.807, 2.05) is 30.5 Å². The fraction of sp³-hybridized carbons (Fsp3) is 0.412. The molecule has 0 unspecified atom stereocenters. The van der Waals surface area contributed by atoms with Gasteiger partial charge in [0.2, 0.25) is 0 Å². The second kappa shape index (κ2) is 7.05. The fourth-order valence-electron chi connectivity index (χ4n) is 3.02. The molecule has 2 aromatic heterocycles. The van der Waals surface area contributed by atoms with Gasteiger partial charge in [-0.05, 0) is 31.7 Å². The Balaban J connectivity index is 1.57. The van der Waals surface area contributed by atoms with Crippen LogP contribution in [-0.4, -0.2) is 39.3 Å². The molecule has 6 nitrogen and oxygen atoms in total. The Morgan fingerprint density at radius 3 is 3.04 bits per heavy atom. The topological polar surface area (TPSA) is 81.0 Å². The highest BCUT2D eigenvalue weighted by Crippen LogP contribution is 2.26. The second-order valence-corrected chi connectivity index (χ2v) is 5.80. The molecule has 1 fully saturated rings. The van der Waals surface area contributed by atoms with E-state index in [1.54, 1.807) is 12.4 Å². The van der Waals surface area contributed by atoms with Crippen LogP contribution in [0.1, 0.15) is 31.4 Å². The Bertz CT molecular complexity index is 757. The number of hydrazone groups is 1. The molecule has 118 valence electrons.